The minimum Gasteiger partial charge on any atom is -0.321 e. The SMILES string of the molecule is CC1NC(c2ccc(Cl)cc2)N(CCC(F)(F)F)C1=O. The molecule has 1 N–H and O–H groups in total. The Kier molecular flexibility index (Phi) is 4.25. The van der Waals surface area contributed by atoms with E-state index in [9.17, 15) is 18.0 Å². The number of alkyl halides is 3. The molecule has 1 aromatic carbocycles. The van der Waals surface area contributed by atoms with Crippen molar-refractivity contribution in [2.75, 3.05) is 6.54 Å². The van der Waals surface area contributed by atoms with Crippen molar-refractivity contribution in [1.82, 2.24) is 10.2 Å². The van der Waals surface area contributed by atoms with Crippen molar-refractivity contribution in [3.8, 4) is 0 Å². The Balaban J connectivity index is 2.17. The number of amides is 1. The minimum absolute atomic E-state index is 0.325. The molecule has 1 aliphatic rings. The van der Waals surface area contributed by atoms with Crippen LogP contribution in [0.5, 0.6) is 0 Å². The lowest BCUT2D eigenvalue weighted by atomic mass is 10.1. The fourth-order valence-corrected chi connectivity index (χ4v) is 2.31. The molecule has 20 heavy (non-hydrogen) atoms. The minimum atomic E-state index is -4.28. The van der Waals surface area contributed by atoms with Gasteiger partial charge >= 0.3 is 6.18 Å². The van der Waals surface area contributed by atoms with Crippen LogP contribution in [0.4, 0.5) is 13.2 Å². The number of nitrogens with zero attached hydrogens (tertiary/aromatic N) is 1. The molecule has 0 spiro atoms. The molecule has 3 nitrogen and oxygen atoms in total. The predicted molar refractivity (Wildman–Crippen MR) is 69.2 cm³/mol. The quantitative estimate of drug-likeness (QED) is 0.930. The Bertz CT molecular complexity index is 489. The summed E-state index contributed by atoms with van der Waals surface area (Å²) >= 11 is 5.78. The third-order valence-corrected chi connectivity index (χ3v) is 3.45. The van der Waals surface area contributed by atoms with Crippen molar-refractivity contribution in [2.45, 2.75) is 31.7 Å². The molecule has 1 amide bonds. The zero-order valence-corrected chi connectivity index (χ0v) is 11.5. The highest BCUT2D eigenvalue weighted by Crippen LogP contribution is 2.29. The first-order chi connectivity index (χ1) is 9.28. The second-order valence-electron chi connectivity index (χ2n) is 4.74. The van der Waals surface area contributed by atoms with Gasteiger partial charge in [-0.2, -0.15) is 13.2 Å². The van der Waals surface area contributed by atoms with E-state index in [0.717, 1.165) is 0 Å². The van der Waals surface area contributed by atoms with Crippen molar-refractivity contribution in [3.63, 3.8) is 0 Å². The number of carbonyl (C=O) groups excluding carboxylic acids is 1. The molecule has 0 aliphatic carbocycles. The fourth-order valence-electron chi connectivity index (χ4n) is 2.18. The van der Waals surface area contributed by atoms with E-state index >= 15 is 0 Å². The Morgan fingerprint density at radius 3 is 2.45 bits per heavy atom. The Hall–Kier alpha value is -1.27. The average Bonchev–Trinajstić information content (AvgIpc) is 2.63. The van der Waals surface area contributed by atoms with Crippen molar-refractivity contribution in [2.24, 2.45) is 0 Å². The van der Waals surface area contributed by atoms with Crippen LogP contribution in [0.15, 0.2) is 24.3 Å². The van der Waals surface area contributed by atoms with Gasteiger partial charge in [0.2, 0.25) is 5.91 Å². The van der Waals surface area contributed by atoms with Crippen molar-refractivity contribution >= 4 is 17.5 Å². The van der Waals surface area contributed by atoms with Crippen molar-refractivity contribution in [3.05, 3.63) is 34.9 Å². The summed E-state index contributed by atoms with van der Waals surface area (Å²) in [5.41, 5.74) is 0.717. The average molecular weight is 307 g/mol. The summed E-state index contributed by atoms with van der Waals surface area (Å²) in [6.45, 7) is 1.28. The first kappa shape index (κ1) is 15.1. The van der Waals surface area contributed by atoms with E-state index in [1.165, 1.54) is 4.90 Å². The van der Waals surface area contributed by atoms with Crippen LogP contribution in [0.25, 0.3) is 0 Å². The number of benzene rings is 1. The first-order valence-electron chi connectivity index (χ1n) is 6.17. The van der Waals surface area contributed by atoms with E-state index in [1.54, 1.807) is 31.2 Å². The van der Waals surface area contributed by atoms with Gasteiger partial charge in [0, 0.05) is 11.6 Å². The number of hydrogen-bond donors (Lipinski definition) is 1. The molecule has 1 fully saturated rings. The van der Waals surface area contributed by atoms with Crippen molar-refractivity contribution < 1.29 is 18.0 Å². The smallest absolute Gasteiger partial charge is 0.321 e. The summed E-state index contributed by atoms with van der Waals surface area (Å²) in [4.78, 5) is 13.2. The van der Waals surface area contributed by atoms with E-state index in [1.807, 2.05) is 0 Å². The van der Waals surface area contributed by atoms with Gasteiger partial charge in [0.25, 0.3) is 0 Å². The second-order valence-corrected chi connectivity index (χ2v) is 5.18. The highest BCUT2D eigenvalue weighted by Gasteiger charge is 2.39. The van der Waals surface area contributed by atoms with Gasteiger partial charge in [-0.3, -0.25) is 10.1 Å². The van der Waals surface area contributed by atoms with Crippen molar-refractivity contribution in [1.29, 1.82) is 0 Å². The molecule has 7 heteroatoms. The maximum Gasteiger partial charge on any atom is 0.390 e. The molecule has 1 heterocycles. The fraction of sp³-hybridized carbons (Fsp3) is 0.462. The Labute approximate surface area is 119 Å². The number of rotatable bonds is 3. The summed E-state index contributed by atoms with van der Waals surface area (Å²) in [5, 5.41) is 3.53. The standard InChI is InChI=1S/C13H14ClF3N2O/c1-8-12(20)19(7-6-13(15,16)17)11(18-8)9-2-4-10(14)5-3-9/h2-5,8,11,18H,6-7H2,1H3. The largest absolute Gasteiger partial charge is 0.390 e. The van der Waals surface area contributed by atoms with E-state index in [4.69, 9.17) is 11.6 Å². The topological polar surface area (TPSA) is 32.3 Å². The molecule has 2 atom stereocenters. The van der Waals surface area contributed by atoms with Crippen LogP contribution in [0.1, 0.15) is 25.1 Å². The molecule has 2 rings (SSSR count). The Morgan fingerprint density at radius 1 is 1.30 bits per heavy atom. The van der Waals surface area contributed by atoms with Crippen LogP contribution in [-0.2, 0) is 4.79 Å². The molecule has 0 saturated carbocycles. The highest BCUT2D eigenvalue weighted by atomic mass is 35.5. The summed E-state index contributed by atoms with van der Waals surface area (Å²) in [5.74, 6) is -0.325. The molecule has 0 aromatic heterocycles. The number of hydrogen-bond acceptors (Lipinski definition) is 2. The normalized spacial score (nSPS) is 23.4. The molecule has 110 valence electrons. The van der Waals surface area contributed by atoms with Crippen LogP contribution in [-0.4, -0.2) is 29.6 Å². The van der Waals surface area contributed by atoms with Gasteiger partial charge in [-0.05, 0) is 24.6 Å². The van der Waals surface area contributed by atoms with E-state index in [0.29, 0.717) is 10.6 Å². The number of nitrogens with one attached hydrogen (secondary N) is 1. The summed E-state index contributed by atoms with van der Waals surface area (Å²) < 4.78 is 37.0. The lowest BCUT2D eigenvalue weighted by Gasteiger charge is -2.25. The van der Waals surface area contributed by atoms with E-state index in [2.05, 4.69) is 5.32 Å². The molecule has 0 bridgehead atoms. The molecule has 1 aliphatic heterocycles. The molecule has 1 aromatic rings. The van der Waals surface area contributed by atoms with Gasteiger partial charge in [0.05, 0.1) is 12.5 Å². The summed E-state index contributed by atoms with van der Waals surface area (Å²) in [6.07, 6.45) is -5.84. The monoisotopic (exact) mass is 306 g/mol. The van der Waals surface area contributed by atoms with Gasteiger partial charge < -0.3 is 4.90 Å². The maximum atomic E-state index is 12.3. The lowest BCUT2D eigenvalue weighted by Crippen LogP contribution is -2.33. The van der Waals surface area contributed by atoms with Crippen LogP contribution in [0, 0.1) is 0 Å². The second kappa shape index (κ2) is 5.61. The molecular formula is C13H14ClF3N2O. The third kappa shape index (κ3) is 3.43. The number of halogens is 4. The van der Waals surface area contributed by atoms with Crippen LogP contribution in [0.3, 0.4) is 0 Å². The molecule has 0 radical (unpaired) electrons. The van der Waals surface area contributed by atoms with Gasteiger partial charge in [-0.25, -0.2) is 0 Å². The first-order valence-corrected chi connectivity index (χ1v) is 6.54. The third-order valence-electron chi connectivity index (χ3n) is 3.19. The van der Waals surface area contributed by atoms with E-state index in [-0.39, 0.29) is 12.5 Å². The van der Waals surface area contributed by atoms with Crippen LogP contribution in [0.2, 0.25) is 5.02 Å². The van der Waals surface area contributed by atoms with E-state index < -0.39 is 24.8 Å². The van der Waals surface area contributed by atoms with Gasteiger partial charge in [-0.15, -0.1) is 0 Å². The molecule has 2 unspecified atom stereocenters. The van der Waals surface area contributed by atoms with Crippen LogP contribution >= 0.6 is 11.6 Å². The van der Waals surface area contributed by atoms with Gasteiger partial charge in [-0.1, -0.05) is 23.7 Å². The number of carbonyl (C=O) groups is 1. The zero-order chi connectivity index (χ0) is 14.9. The summed E-state index contributed by atoms with van der Waals surface area (Å²) in [7, 11) is 0. The maximum absolute atomic E-state index is 12.3. The van der Waals surface area contributed by atoms with Gasteiger partial charge in [0.15, 0.2) is 0 Å². The molecule has 1 saturated heterocycles. The summed E-state index contributed by atoms with van der Waals surface area (Å²) in [6, 6.07) is 6.20. The molecular weight excluding hydrogens is 293 g/mol. The van der Waals surface area contributed by atoms with Crippen LogP contribution < -0.4 is 5.32 Å². The van der Waals surface area contributed by atoms with Gasteiger partial charge in [0.1, 0.15) is 6.17 Å². The Morgan fingerprint density at radius 2 is 1.90 bits per heavy atom. The predicted octanol–water partition coefficient (Wildman–Crippen LogP) is 3.11. The zero-order valence-electron chi connectivity index (χ0n) is 10.7. The lowest BCUT2D eigenvalue weighted by molar-refractivity contribution is -0.145. The highest BCUT2D eigenvalue weighted by molar-refractivity contribution is 6.30.